The Kier molecular flexibility index (Phi) is 5.71. The normalized spacial score (nSPS) is 10.6. The Morgan fingerprint density at radius 2 is 1.93 bits per heavy atom. The van der Waals surface area contributed by atoms with Crippen molar-refractivity contribution in [2.75, 3.05) is 11.1 Å². The number of carbonyl (C=O) groups excluding carboxylic acids is 1. The van der Waals surface area contributed by atoms with E-state index >= 15 is 0 Å². The summed E-state index contributed by atoms with van der Waals surface area (Å²) in [4.78, 5) is 28.8. The van der Waals surface area contributed by atoms with Crippen molar-refractivity contribution in [1.29, 1.82) is 0 Å². The summed E-state index contributed by atoms with van der Waals surface area (Å²) in [6.45, 7) is 3.62. The zero-order chi connectivity index (χ0) is 19.4. The molecule has 0 aliphatic carbocycles. The maximum Gasteiger partial charge on any atom is 0.287 e. The lowest BCUT2D eigenvalue weighted by Gasteiger charge is -2.09. The Hall–Kier alpha value is -2.93. The van der Waals surface area contributed by atoms with E-state index in [1.54, 1.807) is 19.1 Å². The predicted octanol–water partition coefficient (Wildman–Crippen LogP) is 3.72. The van der Waals surface area contributed by atoms with Crippen molar-refractivity contribution in [3.63, 3.8) is 0 Å². The molecule has 0 aliphatic rings. The summed E-state index contributed by atoms with van der Waals surface area (Å²) in [5.41, 5.74) is 2.32. The molecule has 7 heteroatoms. The molecule has 27 heavy (non-hydrogen) atoms. The number of aryl methyl sites for hydroxylation is 2. The average Bonchev–Trinajstić information content (AvgIpc) is 2.65. The highest BCUT2D eigenvalue weighted by molar-refractivity contribution is 7.99. The summed E-state index contributed by atoms with van der Waals surface area (Å²) < 4.78 is 15.1. The van der Waals surface area contributed by atoms with Gasteiger partial charge in [-0.25, -0.2) is 9.37 Å². The zero-order valence-corrected chi connectivity index (χ0v) is 15.7. The topological polar surface area (TPSA) is 64.0 Å². The number of nitrogens with one attached hydrogen (secondary N) is 1. The Bertz CT molecular complexity index is 1030. The van der Waals surface area contributed by atoms with Gasteiger partial charge in [0.15, 0.2) is 5.03 Å². The average molecular weight is 383 g/mol. The predicted molar refractivity (Wildman–Crippen MR) is 105 cm³/mol. The van der Waals surface area contributed by atoms with Crippen molar-refractivity contribution in [3.05, 3.63) is 82.2 Å². The minimum atomic E-state index is -0.395. The number of hydrogen-bond acceptors (Lipinski definition) is 4. The lowest BCUT2D eigenvalue weighted by molar-refractivity contribution is -0.113. The number of nitrogens with zero attached hydrogens (tertiary/aromatic N) is 2. The molecule has 0 unspecified atom stereocenters. The first-order valence-electron chi connectivity index (χ1n) is 8.27. The van der Waals surface area contributed by atoms with Crippen LogP contribution >= 0.6 is 11.8 Å². The van der Waals surface area contributed by atoms with E-state index < -0.39 is 5.56 Å². The fourth-order valence-corrected chi connectivity index (χ4v) is 3.09. The van der Waals surface area contributed by atoms with Crippen molar-refractivity contribution in [2.24, 2.45) is 0 Å². The van der Waals surface area contributed by atoms with Crippen molar-refractivity contribution in [2.45, 2.75) is 18.9 Å². The lowest BCUT2D eigenvalue weighted by atomic mass is 10.2. The van der Waals surface area contributed by atoms with Gasteiger partial charge < -0.3 is 5.32 Å². The van der Waals surface area contributed by atoms with Gasteiger partial charge in [0.05, 0.1) is 11.4 Å². The van der Waals surface area contributed by atoms with Gasteiger partial charge in [-0.15, -0.1) is 0 Å². The maximum atomic E-state index is 13.8. The monoisotopic (exact) mass is 383 g/mol. The van der Waals surface area contributed by atoms with Gasteiger partial charge in [0.1, 0.15) is 5.82 Å². The van der Waals surface area contributed by atoms with Gasteiger partial charge >= 0.3 is 0 Å². The number of anilines is 1. The summed E-state index contributed by atoms with van der Waals surface area (Å²) >= 11 is 1.04. The number of carbonyl (C=O) groups is 1. The summed E-state index contributed by atoms with van der Waals surface area (Å²) in [6, 6.07) is 12.0. The highest BCUT2D eigenvalue weighted by Gasteiger charge is 2.11. The molecule has 1 N–H and O–H groups in total. The van der Waals surface area contributed by atoms with E-state index in [-0.39, 0.29) is 22.5 Å². The van der Waals surface area contributed by atoms with Crippen LogP contribution in [0.2, 0.25) is 0 Å². The molecule has 5 nitrogen and oxygen atoms in total. The molecule has 0 fully saturated rings. The van der Waals surface area contributed by atoms with Crippen LogP contribution in [0, 0.1) is 19.7 Å². The number of aromatic nitrogens is 2. The van der Waals surface area contributed by atoms with Gasteiger partial charge in [-0.2, -0.15) is 0 Å². The minimum Gasteiger partial charge on any atom is -0.325 e. The molecular weight excluding hydrogens is 365 g/mol. The molecule has 2 aromatic carbocycles. The van der Waals surface area contributed by atoms with Crippen LogP contribution in [0.5, 0.6) is 0 Å². The third kappa shape index (κ3) is 4.62. The van der Waals surface area contributed by atoms with Gasteiger partial charge in [0.25, 0.3) is 5.56 Å². The Balaban J connectivity index is 1.72. The molecule has 1 amide bonds. The fourth-order valence-electron chi connectivity index (χ4n) is 2.40. The number of benzene rings is 2. The molecule has 1 aromatic heterocycles. The summed E-state index contributed by atoms with van der Waals surface area (Å²) in [5, 5.41) is 2.95. The van der Waals surface area contributed by atoms with Gasteiger partial charge in [-0.05, 0) is 43.7 Å². The smallest absolute Gasteiger partial charge is 0.287 e. The van der Waals surface area contributed by atoms with Crippen molar-refractivity contribution < 1.29 is 9.18 Å². The molecule has 0 bridgehead atoms. The van der Waals surface area contributed by atoms with E-state index in [9.17, 15) is 14.0 Å². The first kappa shape index (κ1) is 18.8. The number of thioether (sulfide) groups is 1. The third-order valence-corrected chi connectivity index (χ3v) is 4.88. The summed E-state index contributed by atoms with van der Waals surface area (Å²) in [7, 11) is 0. The van der Waals surface area contributed by atoms with Crippen LogP contribution in [0.15, 0.2) is 64.7 Å². The molecule has 0 saturated carbocycles. The van der Waals surface area contributed by atoms with E-state index in [4.69, 9.17) is 0 Å². The molecule has 0 atom stereocenters. The number of halogens is 1. The highest BCUT2D eigenvalue weighted by Crippen LogP contribution is 2.15. The van der Waals surface area contributed by atoms with Crippen LogP contribution in [0.4, 0.5) is 10.1 Å². The standard InChI is InChI=1S/C20H18FN3O2S/c1-13-3-6-15(7-4-13)23-18(25)12-27-19-20(26)24(10-9-22-19)16-8-5-14(2)17(21)11-16/h3-11H,12H2,1-2H3,(H,23,25). The lowest BCUT2D eigenvalue weighted by Crippen LogP contribution is -2.22. The van der Waals surface area contributed by atoms with Crippen LogP contribution in [0.25, 0.3) is 5.69 Å². The second-order valence-corrected chi connectivity index (χ2v) is 7.01. The Morgan fingerprint density at radius 3 is 2.63 bits per heavy atom. The van der Waals surface area contributed by atoms with Crippen LogP contribution < -0.4 is 10.9 Å². The van der Waals surface area contributed by atoms with Gasteiger partial charge in [0, 0.05) is 18.1 Å². The third-order valence-electron chi connectivity index (χ3n) is 3.92. The van der Waals surface area contributed by atoms with E-state index in [0.29, 0.717) is 16.9 Å². The number of hydrogen-bond donors (Lipinski definition) is 1. The van der Waals surface area contributed by atoms with E-state index in [1.165, 1.54) is 23.0 Å². The van der Waals surface area contributed by atoms with Gasteiger partial charge in [-0.3, -0.25) is 14.2 Å². The molecular formula is C20H18FN3O2S. The van der Waals surface area contributed by atoms with Crippen LogP contribution in [0.1, 0.15) is 11.1 Å². The largest absolute Gasteiger partial charge is 0.325 e. The van der Waals surface area contributed by atoms with Crippen molar-refractivity contribution >= 4 is 23.4 Å². The molecule has 3 rings (SSSR count). The number of rotatable bonds is 5. The summed E-state index contributed by atoms with van der Waals surface area (Å²) in [6.07, 6.45) is 2.93. The molecule has 1 heterocycles. The van der Waals surface area contributed by atoms with E-state index in [0.717, 1.165) is 17.3 Å². The number of amides is 1. The quantitative estimate of drug-likeness (QED) is 0.682. The minimum absolute atomic E-state index is 0.0440. The SMILES string of the molecule is Cc1ccc(NC(=O)CSc2nccn(-c3ccc(C)c(F)c3)c2=O)cc1. The molecule has 3 aromatic rings. The van der Waals surface area contributed by atoms with E-state index in [2.05, 4.69) is 10.3 Å². The molecule has 0 spiro atoms. The molecule has 0 aliphatic heterocycles. The van der Waals surface area contributed by atoms with Gasteiger partial charge in [0.2, 0.25) is 5.91 Å². The molecule has 138 valence electrons. The second kappa shape index (κ2) is 8.18. The summed E-state index contributed by atoms with van der Waals surface area (Å²) in [5.74, 6) is -0.577. The zero-order valence-electron chi connectivity index (χ0n) is 14.9. The van der Waals surface area contributed by atoms with Crippen LogP contribution in [0.3, 0.4) is 0 Å². The maximum absolute atomic E-state index is 13.8. The van der Waals surface area contributed by atoms with E-state index in [1.807, 2.05) is 31.2 Å². The fraction of sp³-hybridized carbons (Fsp3) is 0.150. The first-order chi connectivity index (χ1) is 12.9. The first-order valence-corrected chi connectivity index (χ1v) is 9.26. The van der Waals surface area contributed by atoms with Gasteiger partial charge in [-0.1, -0.05) is 35.5 Å². The molecule has 0 radical (unpaired) electrons. The van der Waals surface area contributed by atoms with Crippen LogP contribution in [-0.4, -0.2) is 21.2 Å². The Morgan fingerprint density at radius 1 is 1.19 bits per heavy atom. The van der Waals surface area contributed by atoms with Crippen molar-refractivity contribution in [3.8, 4) is 5.69 Å². The van der Waals surface area contributed by atoms with Crippen molar-refractivity contribution in [1.82, 2.24) is 9.55 Å². The highest BCUT2D eigenvalue weighted by atomic mass is 32.2. The Labute approximate surface area is 160 Å². The molecule has 0 saturated heterocycles. The van der Waals surface area contributed by atoms with Crippen LogP contribution in [-0.2, 0) is 4.79 Å². The second-order valence-electron chi connectivity index (χ2n) is 6.04.